The molecule has 0 saturated heterocycles. The van der Waals surface area contributed by atoms with Crippen LogP contribution in [0.5, 0.6) is 5.75 Å². The van der Waals surface area contributed by atoms with Crippen molar-refractivity contribution in [3.05, 3.63) is 82.5 Å². The van der Waals surface area contributed by atoms with Crippen molar-refractivity contribution in [1.82, 2.24) is 9.97 Å². The summed E-state index contributed by atoms with van der Waals surface area (Å²) in [7, 11) is 2.08. The molecule has 0 atom stereocenters. The smallest absolute Gasteiger partial charge is 0.272 e. The number of halogens is 1. The molecule has 1 aliphatic heterocycles. The van der Waals surface area contributed by atoms with Gasteiger partial charge in [-0.2, -0.15) is 0 Å². The summed E-state index contributed by atoms with van der Waals surface area (Å²) in [5.41, 5.74) is 13.6. The predicted octanol–water partition coefficient (Wildman–Crippen LogP) is 8.09. The molecule has 6 aromatic rings. The number of likely N-dealkylation sites (N-methyl/N-ethyl adjacent to an activating group) is 1. The number of carbonyl (C=O) groups is 2. The number of phenolic OH excluding ortho intramolecular Hbond substituents is 1. The van der Waals surface area contributed by atoms with Crippen LogP contribution in [-0.2, 0) is 6.42 Å². The topological polar surface area (TPSA) is 127 Å². The molecule has 0 bridgehead atoms. The van der Waals surface area contributed by atoms with Gasteiger partial charge in [0, 0.05) is 70.3 Å². The number of anilines is 3. The number of nitrogen functional groups attached to an aromatic ring is 1. The minimum atomic E-state index is -0.240. The Morgan fingerprint density at radius 1 is 1.05 bits per heavy atom. The normalized spacial score (nSPS) is 11.6. The average Bonchev–Trinajstić information content (AvgIpc) is 3.81. The van der Waals surface area contributed by atoms with E-state index in [4.69, 9.17) is 5.73 Å². The summed E-state index contributed by atoms with van der Waals surface area (Å²) in [6.45, 7) is 7.18. The summed E-state index contributed by atoms with van der Waals surface area (Å²) >= 11 is 6.28. The number of fused-ring (bicyclic) bond motifs is 5. The zero-order valence-corrected chi connectivity index (χ0v) is 26.4. The highest BCUT2D eigenvalue weighted by molar-refractivity contribution is 7.17. The average molecular weight is 618 g/mol. The van der Waals surface area contributed by atoms with Crippen LogP contribution in [0.2, 0.25) is 0 Å². The molecule has 10 heteroatoms. The second-order valence-corrected chi connectivity index (χ2v) is 10.7. The van der Waals surface area contributed by atoms with E-state index in [2.05, 4.69) is 51.1 Å². The Morgan fingerprint density at radius 3 is 2.49 bits per heavy atom. The van der Waals surface area contributed by atoms with Crippen LogP contribution in [-0.4, -0.2) is 47.2 Å². The highest BCUT2D eigenvalue weighted by atomic mass is 35.5. The van der Waals surface area contributed by atoms with Crippen LogP contribution in [0.4, 0.5) is 17.1 Å². The summed E-state index contributed by atoms with van der Waals surface area (Å²) < 4.78 is 1.04. The third-order valence-corrected chi connectivity index (χ3v) is 8.24. The van der Waals surface area contributed by atoms with Crippen LogP contribution >= 0.6 is 22.9 Å². The molecular formula is C33H36ClN5O3S. The summed E-state index contributed by atoms with van der Waals surface area (Å²) in [5, 5.41) is 18.0. The van der Waals surface area contributed by atoms with Crippen LogP contribution in [0.15, 0.2) is 60.0 Å². The molecule has 4 heterocycles. The number of benzene rings is 3. The molecule has 7 rings (SSSR count). The molecule has 1 aliphatic rings. The first kappa shape index (κ1) is 31.5. The van der Waals surface area contributed by atoms with E-state index in [1.807, 2.05) is 44.2 Å². The maximum Gasteiger partial charge on any atom is 0.272 e. The highest BCUT2D eigenvalue weighted by Crippen LogP contribution is 2.43. The molecule has 0 fully saturated rings. The standard InChI is InChI=1S/C18H14N4O2.C12H13NOS.C2H6.CH3Cl/c19-12-1-3-16-10(5-12)8-17(22-16)18(24)21-13-2-4-15-11(6-13)7-14(9-23)20-15;1-7-6-15-12-10(14)5-9-8(11(7)12)3-4-13(9)2;2*1-2/h1-9,20,22H,19H2,(H,21,24);5-6,14H,3-4H2,1-2H3;1-2H3;1H3. The number of nitrogens with one attached hydrogen (secondary N) is 3. The number of thiophene rings is 1. The van der Waals surface area contributed by atoms with Gasteiger partial charge in [-0.15, -0.1) is 22.9 Å². The molecule has 8 nitrogen and oxygen atoms in total. The molecular weight excluding hydrogens is 582 g/mol. The fraction of sp³-hybridized carbons (Fsp3) is 0.212. The van der Waals surface area contributed by atoms with Gasteiger partial charge in [-0.1, -0.05) is 13.8 Å². The first-order valence-corrected chi connectivity index (χ1v) is 15.5. The molecule has 43 heavy (non-hydrogen) atoms. The van der Waals surface area contributed by atoms with Gasteiger partial charge in [-0.3, -0.25) is 9.59 Å². The zero-order valence-electron chi connectivity index (χ0n) is 24.8. The number of phenols is 1. The van der Waals surface area contributed by atoms with Crippen LogP contribution in [0.3, 0.4) is 0 Å². The number of aryl methyl sites for hydroxylation is 1. The summed E-state index contributed by atoms with van der Waals surface area (Å²) in [6.07, 6.45) is 3.33. The number of aromatic hydroxyl groups is 1. The Morgan fingerprint density at radius 2 is 1.74 bits per heavy atom. The second-order valence-electron chi connectivity index (χ2n) is 9.82. The molecule has 0 unspecified atom stereocenters. The Hall–Kier alpha value is -4.47. The quantitative estimate of drug-likeness (QED) is 0.0779. The van der Waals surface area contributed by atoms with Crippen molar-refractivity contribution >= 4 is 84.1 Å². The number of amides is 1. The van der Waals surface area contributed by atoms with Crippen molar-refractivity contribution < 1.29 is 14.7 Å². The Bertz CT molecular complexity index is 1910. The van der Waals surface area contributed by atoms with Gasteiger partial charge in [0.25, 0.3) is 5.91 Å². The number of H-pyrrole nitrogens is 2. The maximum atomic E-state index is 12.4. The molecule has 224 valence electrons. The fourth-order valence-electron chi connectivity index (χ4n) is 5.18. The third-order valence-electron chi connectivity index (χ3n) is 7.12. The number of hydrogen-bond acceptors (Lipinski definition) is 6. The van der Waals surface area contributed by atoms with Crippen molar-refractivity contribution in [3.8, 4) is 5.75 Å². The van der Waals surface area contributed by atoms with Crippen molar-refractivity contribution in [2.75, 3.05) is 35.9 Å². The molecule has 0 spiro atoms. The molecule has 0 saturated carbocycles. The monoisotopic (exact) mass is 617 g/mol. The number of nitrogens with two attached hydrogens (primary N) is 1. The van der Waals surface area contributed by atoms with E-state index in [0.717, 1.165) is 45.8 Å². The first-order chi connectivity index (χ1) is 20.8. The number of alkyl halides is 1. The van der Waals surface area contributed by atoms with Gasteiger partial charge in [0.15, 0.2) is 6.29 Å². The van der Waals surface area contributed by atoms with Gasteiger partial charge in [0.05, 0.1) is 10.4 Å². The molecule has 0 aliphatic carbocycles. The third kappa shape index (κ3) is 6.48. The lowest BCUT2D eigenvalue weighted by atomic mass is 10.0. The van der Waals surface area contributed by atoms with E-state index >= 15 is 0 Å². The van der Waals surface area contributed by atoms with Crippen LogP contribution < -0.4 is 16.0 Å². The lowest BCUT2D eigenvalue weighted by Crippen LogP contribution is -2.12. The summed E-state index contributed by atoms with van der Waals surface area (Å²) in [5.74, 6) is 0.186. The van der Waals surface area contributed by atoms with E-state index < -0.39 is 0 Å². The van der Waals surface area contributed by atoms with E-state index in [1.54, 1.807) is 35.6 Å². The van der Waals surface area contributed by atoms with Gasteiger partial charge in [-0.25, -0.2) is 0 Å². The van der Waals surface area contributed by atoms with Gasteiger partial charge in [0.2, 0.25) is 0 Å². The van der Waals surface area contributed by atoms with Crippen molar-refractivity contribution in [2.45, 2.75) is 27.2 Å². The number of nitrogens with zero attached hydrogens (tertiary/aromatic N) is 1. The summed E-state index contributed by atoms with van der Waals surface area (Å²) in [6, 6.07) is 16.3. The lowest BCUT2D eigenvalue weighted by Gasteiger charge is -2.12. The van der Waals surface area contributed by atoms with Gasteiger partial charge >= 0.3 is 0 Å². The Balaban J connectivity index is 0.000000191. The maximum absolute atomic E-state index is 12.4. The van der Waals surface area contributed by atoms with Gasteiger partial charge < -0.3 is 31.0 Å². The summed E-state index contributed by atoms with van der Waals surface area (Å²) in [4.78, 5) is 31.5. The molecule has 3 aromatic heterocycles. The SMILES string of the molecule is CC.CCl.Cc1csc2c(O)cc3c(c12)CCN3C.Nc1ccc2[nH]c(C(=O)Nc3ccc4[nH]c(C=O)cc4c3)cc2c1. The van der Waals surface area contributed by atoms with E-state index in [1.165, 1.54) is 28.6 Å². The minimum Gasteiger partial charge on any atom is -0.506 e. The Labute approximate surface area is 259 Å². The number of aromatic amines is 2. The number of aldehydes is 1. The predicted molar refractivity (Wildman–Crippen MR) is 183 cm³/mol. The van der Waals surface area contributed by atoms with Crippen LogP contribution in [0, 0.1) is 6.92 Å². The number of carbonyl (C=O) groups excluding carboxylic acids is 2. The van der Waals surface area contributed by atoms with Crippen LogP contribution in [0.25, 0.3) is 31.9 Å². The number of rotatable bonds is 3. The van der Waals surface area contributed by atoms with E-state index in [9.17, 15) is 14.7 Å². The van der Waals surface area contributed by atoms with Gasteiger partial charge in [-0.05, 0) is 78.4 Å². The number of aromatic nitrogens is 2. The van der Waals surface area contributed by atoms with Crippen LogP contribution in [0.1, 0.15) is 46.0 Å². The second kappa shape index (κ2) is 13.7. The Kier molecular flexibility index (Phi) is 10.0. The highest BCUT2D eigenvalue weighted by Gasteiger charge is 2.22. The van der Waals surface area contributed by atoms with E-state index in [-0.39, 0.29) is 5.91 Å². The number of hydrogen-bond donors (Lipinski definition) is 5. The van der Waals surface area contributed by atoms with Crippen molar-refractivity contribution in [1.29, 1.82) is 0 Å². The van der Waals surface area contributed by atoms with E-state index in [0.29, 0.717) is 28.5 Å². The van der Waals surface area contributed by atoms with Gasteiger partial charge in [0.1, 0.15) is 11.4 Å². The minimum absolute atomic E-state index is 0.240. The fourth-order valence-corrected chi connectivity index (χ4v) is 6.17. The molecule has 1 amide bonds. The van der Waals surface area contributed by atoms with Crippen molar-refractivity contribution in [2.24, 2.45) is 0 Å². The lowest BCUT2D eigenvalue weighted by molar-refractivity contribution is 0.102. The molecule has 6 N–H and O–H groups in total. The molecule has 3 aromatic carbocycles. The molecule has 0 radical (unpaired) electrons. The first-order valence-electron chi connectivity index (χ1n) is 13.9. The largest absolute Gasteiger partial charge is 0.506 e. The zero-order chi connectivity index (χ0) is 31.3. The van der Waals surface area contributed by atoms with Crippen molar-refractivity contribution in [3.63, 3.8) is 0 Å².